The molecular formula is C12H21NO4S. The average molecular weight is 275 g/mol. The van der Waals surface area contributed by atoms with E-state index >= 15 is 0 Å². The Labute approximate surface area is 111 Å². The molecule has 0 aromatic carbocycles. The standard InChI is InChI=1S/C12H21NO4S/c1-12(16,9-14)8-13-5-10(15)6-17-7-11-3-2-4-18-11/h2-4,10,13-16H,5-9H2,1H3. The Morgan fingerprint density at radius 3 is 2.94 bits per heavy atom. The van der Waals surface area contributed by atoms with Crippen molar-refractivity contribution in [3.05, 3.63) is 22.4 Å². The Morgan fingerprint density at radius 1 is 1.56 bits per heavy atom. The van der Waals surface area contributed by atoms with E-state index in [1.54, 1.807) is 11.3 Å². The Kier molecular flexibility index (Phi) is 6.77. The molecule has 1 aromatic heterocycles. The summed E-state index contributed by atoms with van der Waals surface area (Å²) in [5.74, 6) is 0. The van der Waals surface area contributed by atoms with E-state index in [4.69, 9.17) is 9.84 Å². The van der Waals surface area contributed by atoms with Gasteiger partial charge in [-0.2, -0.15) is 0 Å². The molecule has 6 heteroatoms. The zero-order valence-corrected chi connectivity index (χ0v) is 11.3. The molecular weight excluding hydrogens is 254 g/mol. The van der Waals surface area contributed by atoms with Crippen LogP contribution in [0, 0.1) is 0 Å². The van der Waals surface area contributed by atoms with Crippen LogP contribution in [-0.2, 0) is 11.3 Å². The molecule has 2 atom stereocenters. The van der Waals surface area contributed by atoms with E-state index < -0.39 is 11.7 Å². The first-order valence-electron chi connectivity index (χ1n) is 5.85. The number of ether oxygens (including phenoxy) is 1. The molecule has 5 nitrogen and oxygen atoms in total. The van der Waals surface area contributed by atoms with Gasteiger partial charge in [0, 0.05) is 18.0 Å². The van der Waals surface area contributed by atoms with Crippen LogP contribution in [0.4, 0.5) is 0 Å². The van der Waals surface area contributed by atoms with Crippen LogP contribution in [0.2, 0.25) is 0 Å². The molecule has 0 bridgehead atoms. The summed E-state index contributed by atoms with van der Waals surface area (Å²) in [6.07, 6.45) is -0.626. The maximum atomic E-state index is 9.62. The molecule has 0 radical (unpaired) electrons. The highest BCUT2D eigenvalue weighted by molar-refractivity contribution is 7.09. The first kappa shape index (κ1) is 15.6. The predicted molar refractivity (Wildman–Crippen MR) is 70.6 cm³/mol. The van der Waals surface area contributed by atoms with Gasteiger partial charge in [0.15, 0.2) is 0 Å². The van der Waals surface area contributed by atoms with Gasteiger partial charge in [-0.15, -0.1) is 11.3 Å². The summed E-state index contributed by atoms with van der Waals surface area (Å²) >= 11 is 1.62. The number of rotatable bonds is 9. The molecule has 4 N–H and O–H groups in total. The molecule has 0 saturated heterocycles. The van der Waals surface area contributed by atoms with Crippen molar-refractivity contribution in [1.29, 1.82) is 0 Å². The molecule has 0 aliphatic rings. The molecule has 0 aliphatic heterocycles. The second-order valence-corrected chi connectivity index (χ2v) is 5.57. The second kappa shape index (κ2) is 7.83. The van der Waals surface area contributed by atoms with Crippen LogP contribution in [0.15, 0.2) is 17.5 Å². The van der Waals surface area contributed by atoms with Gasteiger partial charge in [0.2, 0.25) is 0 Å². The third-order valence-electron chi connectivity index (χ3n) is 2.36. The third-order valence-corrected chi connectivity index (χ3v) is 3.21. The van der Waals surface area contributed by atoms with Crippen molar-refractivity contribution in [3.8, 4) is 0 Å². The van der Waals surface area contributed by atoms with E-state index in [0.717, 1.165) is 4.88 Å². The van der Waals surface area contributed by atoms with E-state index in [1.165, 1.54) is 6.92 Å². The summed E-state index contributed by atoms with van der Waals surface area (Å²) < 4.78 is 5.36. The molecule has 1 heterocycles. The van der Waals surface area contributed by atoms with E-state index in [-0.39, 0.29) is 19.8 Å². The van der Waals surface area contributed by atoms with Crippen molar-refractivity contribution >= 4 is 11.3 Å². The fourth-order valence-electron chi connectivity index (χ4n) is 1.31. The van der Waals surface area contributed by atoms with Gasteiger partial charge in [0.05, 0.1) is 31.5 Å². The highest BCUT2D eigenvalue weighted by Gasteiger charge is 2.18. The summed E-state index contributed by atoms with van der Waals surface area (Å²) in [4.78, 5) is 1.12. The van der Waals surface area contributed by atoms with Crippen LogP contribution in [-0.4, -0.2) is 53.3 Å². The zero-order chi connectivity index (χ0) is 13.4. The van der Waals surface area contributed by atoms with Crippen LogP contribution in [0.25, 0.3) is 0 Å². The molecule has 18 heavy (non-hydrogen) atoms. The van der Waals surface area contributed by atoms with Crippen molar-refractivity contribution in [2.45, 2.75) is 25.2 Å². The topological polar surface area (TPSA) is 82.0 Å². The van der Waals surface area contributed by atoms with Gasteiger partial charge >= 0.3 is 0 Å². The summed E-state index contributed by atoms with van der Waals surface area (Å²) in [6, 6.07) is 3.94. The van der Waals surface area contributed by atoms with E-state index in [0.29, 0.717) is 13.2 Å². The first-order valence-corrected chi connectivity index (χ1v) is 6.73. The van der Waals surface area contributed by atoms with Gasteiger partial charge in [-0.25, -0.2) is 0 Å². The second-order valence-electron chi connectivity index (χ2n) is 4.53. The van der Waals surface area contributed by atoms with Crippen molar-refractivity contribution in [1.82, 2.24) is 5.32 Å². The normalized spacial score (nSPS) is 16.4. The number of nitrogens with one attached hydrogen (secondary N) is 1. The van der Waals surface area contributed by atoms with Crippen molar-refractivity contribution in [2.75, 3.05) is 26.3 Å². The average Bonchev–Trinajstić information content (AvgIpc) is 2.82. The lowest BCUT2D eigenvalue weighted by molar-refractivity contribution is -0.00476. The van der Waals surface area contributed by atoms with Gasteiger partial charge in [-0.3, -0.25) is 0 Å². The van der Waals surface area contributed by atoms with Crippen molar-refractivity contribution in [3.63, 3.8) is 0 Å². The highest BCUT2D eigenvalue weighted by atomic mass is 32.1. The van der Waals surface area contributed by atoms with E-state index in [9.17, 15) is 10.2 Å². The van der Waals surface area contributed by atoms with Crippen LogP contribution in [0.1, 0.15) is 11.8 Å². The number of hydrogen-bond donors (Lipinski definition) is 4. The Hall–Kier alpha value is -0.500. The fourth-order valence-corrected chi connectivity index (χ4v) is 1.95. The Morgan fingerprint density at radius 2 is 2.33 bits per heavy atom. The van der Waals surface area contributed by atoms with Gasteiger partial charge in [-0.1, -0.05) is 6.07 Å². The van der Waals surface area contributed by atoms with Crippen molar-refractivity contribution < 1.29 is 20.1 Å². The molecule has 0 aliphatic carbocycles. The lowest BCUT2D eigenvalue weighted by atomic mass is 10.1. The predicted octanol–water partition coefficient (Wildman–Crippen LogP) is -0.0415. The molecule has 0 saturated carbocycles. The summed E-state index contributed by atoms with van der Waals surface area (Å²) in [7, 11) is 0. The van der Waals surface area contributed by atoms with Gasteiger partial charge in [0.1, 0.15) is 0 Å². The van der Waals surface area contributed by atoms with Crippen LogP contribution in [0.3, 0.4) is 0 Å². The Balaban J connectivity index is 2.05. The summed E-state index contributed by atoms with van der Waals surface area (Å²) in [6.45, 7) is 2.51. The maximum absolute atomic E-state index is 9.62. The molecule has 1 rings (SSSR count). The largest absolute Gasteiger partial charge is 0.393 e. The highest BCUT2D eigenvalue weighted by Crippen LogP contribution is 2.09. The molecule has 2 unspecified atom stereocenters. The minimum atomic E-state index is -1.16. The Bertz CT molecular complexity index is 316. The molecule has 0 amide bonds. The minimum Gasteiger partial charge on any atom is -0.393 e. The van der Waals surface area contributed by atoms with E-state index in [2.05, 4.69) is 5.32 Å². The lowest BCUT2D eigenvalue weighted by Gasteiger charge is -2.21. The molecule has 0 fully saturated rings. The smallest absolute Gasteiger partial charge is 0.0972 e. The van der Waals surface area contributed by atoms with Gasteiger partial charge < -0.3 is 25.4 Å². The molecule has 0 spiro atoms. The zero-order valence-electron chi connectivity index (χ0n) is 10.5. The SMILES string of the molecule is CC(O)(CO)CNCC(O)COCc1cccs1. The monoisotopic (exact) mass is 275 g/mol. The van der Waals surface area contributed by atoms with Crippen LogP contribution < -0.4 is 5.32 Å². The fraction of sp³-hybridized carbons (Fsp3) is 0.667. The summed E-state index contributed by atoms with van der Waals surface area (Å²) in [5.41, 5.74) is -1.16. The van der Waals surface area contributed by atoms with Crippen LogP contribution in [0.5, 0.6) is 0 Å². The van der Waals surface area contributed by atoms with Gasteiger partial charge in [-0.05, 0) is 18.4 Å². The van der Waals surface area contributed by atoms with Gasteiger partial charge in [0.25, 0.3) is 0 Å². The number of hydrogen-bond acceptors (Lipinski definition) is 6. The molecule has 104 valence electrons. The number of thiophene rings is 1. The minimum absolute atomic E-state index is 0.228. The first-order chi connectivity index (χ1) is 8.53. The third kappa shape index (κ3) is 6.44. The van der Waals surface area contributed by atoms with Crippen molar-refractivity contribution in [2.24, 2.45) is 0 Å². The van der Waals surface area contributed by atoms with E-state index in [1.807, 2.05) is 17.5 Å². The number of aliphatic hydroxyl groups is 3. The number of aliphatic hydroxyl groups excluding tert-OH is 2. The van der Waals surface area contributed by atoms with Crippen LogP contribution >= 0.6 is 11.3 Å². The lowest BCUT2D eigenvalue weighted by Crippen LogP contribution is -2.43. The maximum Gasteiger partial charge on any atom is 0.0972 e. The molecule has 1 aromatic rings. The summed E-state index contributed by atoms with van der Waals surface area (Å²) in [5, 5.41) is 32.8. The quantitative estimate of drug-likeness (QED) is 0.508.